The van der Waals surface area contributed by atoms with Crippen LogP contribution < -0.4 is 4.74 Å². The molecule has 0 aromatic heterocycles. The molecule has 3 nitrogen and oxygen atoms in total. The Balaban J connectivity index is 1.26. The van der Waals surface area contributed by atoms with Crippen LogP contribution >= 0.6 is 0 Å². The van der Waals surface area contributed by atoms with Gasteiger partial charge in [0.2, 0.25) is 0 Å². The first-order valence-electron chi connectivity index (χ1n) is 14.2. The molecule has 0 heterocycles. The van der Waals surface area contributed by atoms with Crippen molar-refractivity contribution >= 4 is 17.9 Å². The highest BCUT2D eigenvalue weighted by atomic mass is 16.5. The molecule has 1 aliphatic rings. The number of ketones is 1. The number of allylic oxidation sites excluding steroid dienone is 2. The molecule has 0 amide bonds. The van der Waals surface area contributed by atoms with Crippen LogP contribution in [0.1, 0.15) is 69.8 Å². The maximum absolute atomic E-state index is 12.8. The predicted octanol–water partition coefficient (Wildman–Crippen LogP) is 8.29. The van der Waals surface area contributed by atoms with E-state index in [1.807, 2.05) is 48.5 Å². The minimum Gasteiger partial charge on any atom is -0.494 e. The average Bonchev–Trinajstić information content (AvgIpc) is 3.37. The molecular weight excluding hydrogens is 492 g/mol. The highest BCUT2D eigenvalue weighted by molar-refractivity contribution is 6.06. The minimum absolute atomic E-state index is 0.00505. The van der Waals surface area contributed by atoms with Crippen LogP contribution in [0.15, 0.2) is 115 Å². The fourth-order valence-electron chi connectivity index (χ4n) is 5.30. The van der Waals surface area contributed by atoms with E-state index in [2.05, 4.69) is 66.7 Å². The maximum Gasteiger partial charge on any atom is 0.185 e. The molecule has 1 aliphatic carbocycles. The molecule has 0 aliphatic heterocycles. The number of aliphatic hydroxyl groups excluding tert-OH is 1. The smallest absolute Gasteiger partial charge is 0.185 e. The van der Waals surface area contributed by atoms with Gasteiger partial charge in [0.15, 0.2) is 5.78 Å². The van der Waals surface area contributed by atoms with Crippen LogP contribution in [0.5, 0.6) is 5.75 Å². The summed E-state index contributed by atoms with van der Waals surface area (Å²) in [5, 5.41) is 8.89. The SMILES string of the molecule is O=C(C=Cc1ccccc1)c1ccc(C2C(Cc3ccc(OCCCCCCO)cc3)=Cc3ccccc32)cc1. The Hall–Kier alpha value is -4.21. The van der Waals surface area contributed by atoms with Gasteiger partial charge in [-0.1, -0.05) is 115 Å². The van der Waals surface area contributed by atoms with Gasteiger partial charge in [0.1, 0.15) is 5.75 Å². The topological polar surface area (TPSA) is 46.5 Å². The van der Waals surface area contributed by atoms with Crippen LogP contribution in [0, 0.1) is 0 Å². The predicted molar refractivity (Wildman–Crippen MR) is 164 cm³/mol. The Bertz CT molecular complexity index is 1450. The summed E-state index contributed by atoms with van der Waals surface area (Å²) in [5.74, 6) is 1.06. The zero-order valence-corrected chi connectivity index (χ0v) is 22.8. The van der Waals surface area contributed by atoms with E-state index in [1.54, 1.807) is 6.08 Å². The lowest BCUT2D eigenvalue weighted by Gasteiger charge is -2.18. The second-order valence-electron chi connectivity index (χ2n) is 10.3. The number of carbonyl (C=O) groups is 1. The van der Waals surface area contributed by atoms with E-state index in [0.717, 1.165) is 43.4 Å². The van der Waals surface area contributed by atoms with E-state index in [-0.39, 0.29) is 18.3 Å². The summed E-state index contributed by atoms with van der Waals surface area (Å²) in [7, 11) is 0. The van der Waals surface area contributed by atoms with E-state index in [1.165, 1.54) is 27.8 Å². The van der Waals surface area contributed by atoms with Crippen LogP contribution in [0.25, 0.3) is 12.2 Å². The number of fused-ring (bicyclic) bond motifs is 1. The third-order valence-corrected chi connectivity index (χ3v) is 7.43. The first kappa shape index (κ1) is 27.4. The molecule has 4 aromatic carbocycles. The van der Waals surface area contributed by atoms with Gasteiger partial charge in [0.05, 0.1) is 6.61 Å². The molecule has 0 radical (unpaired) electrons. The van der Waals surface area contributed by atoms with Gasteiger partial charge in [0.25, 0.3) is 0 Å². The lowest BCUT2D eigenvalue weighted by molar-refractivity contribution is 0.104. The molecule has 5 rings (SSSR count). The number of carbonyl (C=O) groups excluding carboxylic acids is 1. The fraction of sp³-hybridized carbons (Fsp3) is 0.216. The molecule has 1 unspecified atom stereocenters. The molecule has 0 bridgehead atoms. The number of unbranched alkanes of at least 4 members (excludes halogenated alkanes) is 3. The number of aliphatic hydroxyl groups is 1. The minimum atomic E-state index is 0.00505. The van der Waals surface area contributed by atoms with Gasteiger partial charge >= 0.3 is 0 Å². The molecule has 0 saturated heterocycles. The summed E-state index contributed by atoms with van der Waals surface area (Å²) < 4.78 is 5.92. The third kappa shape index (κ3) is 7.05. The van der Waals surface area contributed by atoms with Crippen LogP contribution in [0.2, 0.25) is 0 Å². The highest BCUT2D eigenvalue weighted by Gasteiger charge is 2.26. The zero-order valence-electron chi connectivity index (χ0n) is 22.8. The Morgan fingerprint density at radius 3 is 2.27 bits per heavy atom. The van der Waals surface area contributed by atoms with Crippen molar-refractivity contribution in [1.82, 2.24) is 0 Å². The largest absolute Gasteiger partial charge is 0.494 e. The lowest BCUT2D eigenvalue weighted by Crippen LogP contribution is -2.05. The van der Waals surface area contributed by atoms with Gasteiger partial charge in [-0.25, -0.2) is 0 Å². The van der Waals surface area contributed by atoms with Crippen LogP contribution in [-0.2, 0) is 6.42 Å². The van der Waals surface area contributed by atoms with E-state index in [4.69, 9.17) is 9.84 Å². The summed E-state index contributed by atoms with van der Waals surface area (Å²) in [6.45, 7) is 0.969. The van der Waals surface area contributed by atoms with Crippen molar-refractivity contribution in [2.24, 2.45) is 0 Å². The lowest BCUT2D eigenvalue weighted by atomic mass is 9.85. The van der Waals surface area contributed by atoms with Gasteiger partial charge in [-0.3, -0.25) is 4.79 Å². The van der Waals surface area contributed by atoms with E-state index >= 15 is 0 Å². The Kier molecular flexibility index (Phi) is 9.39. The summed E-state index contributed by atoms with van der Waals surface area (Å²) in [6.07, 6.45) is 10.7. The second-order valence-corrected chi connectivity index (χ2v) is 10.3. The van der Waals surface area contributed by atoms with Crippen molar-refractivity contribution in [3.8, 4) is 5.75 Å². The molecule has 1 atom stereocenters. The van der Waals surface area contributed by atoms with Crippen LogP contribution in [0.3, 0.4) is 0 Å². The normalized spacial score (nSPS) is 14.2. The van der Waals surface area contributed by atoms with Gasteiger partial charge in [-0.15, -0.1) is 0 Å². The number of ether oxygens (including phenoxy) is 1. The standard InChI is InChI=1S/C37H36O3/c38-24-8-1-2-9-25-40-34-21-14-29(15-22-34)26-33-27-32-12-6-7-13-35(32)37(33)31-19-17-30(18-20-31)36(39)23-16-28-10-4-3-5-11-28/h3-7,10-23,27,37-38H,1-2,8-9,24-26H2. The quantitative estimate of drug-likeness (QED) is 0.108. The van der Waals surface area contributed by atoms with Crippen molar-refractivity contribution in [2.75, 3.05) is 13.2 Å². The van der Waals surface area contributed by atoms with E-state index in [0.29, 0.717) is 12.2 Å². The van der Waals surface area contributed by atoms with Crippen molar-refractivity contribution in [3.63, 3.8) is 0 Å². The van der Waals surface area contributed by atoms with Crippen molar-refractivity contribution in [2.45, 2.75) is 38.0 Å². The fourth-order valence-corrected chi connectivity index (χ4v) is 5.30. The zero-order chi connectivity index (χ0) is 27.6. The van der Waals surface area contributed by atoms with Gasteiger partial charge in [0, 0.05) is 18.1 Å². The first-order valence-corrected chi connectivity index (χ1v) is 14.2. The second kappa shape index (κ2) is 13.7. The Labute approximate surface area is 237 Å². The molecule has 0 saturated carbocycles. The average molecular weight is 529 g/mol. The third-order valence-electron chi connectivity index (χ3n) is 7.43. The van der Waals surface area contributed by atoms with Gasteiger partial charge in [-0.2, -0.15) is 0 Å². The summed E-state index contributed by atoms with van der Waals surface area (Å²) in [4.78, 5) is 12.8. The number of hydrogen-bond acceptors (Lipinski definition) is 3. The Morgan fingerprint density at radius 1 is 0.775 bits per heavy atom. The summed E-state index contributed by atoms with van der Waals surface area (Å²) >= 11 is 0. The Morgan fingerprint density at radius 2 is 1.50 bits per heavy atom. The maximum atomic E-state index is 12.8. The molecule has 40 heavy (non-hydrogen) atoms. The summed E-state index contributed by atoms with van der Waals surface area (Å²) in [5.41, 5.74) is 8.06. The highest BCUT2D eigenvalue weighted by Crippen LogP contribution is 2.42. The van der Waals surface area contributed by atoms with Gasteiger partial charge in [-0.05, 0) is 71.7 Å². The van der Waals surface area contributed by atoms with E-state index in [9.17, 15) is 4.79 Å². The molecular formula is C37H36O3. The number of hydrogen-bond donors (Lipinski definition) is 1. The molecule has 202 valence electrons. The van der Waals surface area contributed by atoms with Crippen LogP contribution in [-0.4, -0.2) is 24.1 Å². The molecule has 0 fully saturated rings. The molecule has 0 spiro atoms. The molecule has 1 N–H and O–H groups in total. The van der Waals surface area contributed by atoms with Crippen LogP contribution in [0.4, 0.5) is 0 Å². The first-order chi connectivity index (χ1) is 19.7. The molecule has 4 aromatic rings. The van der Waals surface area contributed by atoms with E-state index < -0.39 is 0 Å². The summed E-state index contributed by atoms with van der Waals surface area (Å²) in [6, 6.07) is 35.0. The van der Waals surface area contributed by atoms with Gasteiger partial charge < -0.3 is 9.84 Å². The van der Waals surface area contributed by atoms with Crippen molar-refractivity contribution in [3.05, 3.63) is 148 Å². The van der Waals surface area contributed by atoms with Crippen molar-refractivity contribution < 1.29 is 14.6 Å². The number of benzene rings is 4. The van der Waals surface area contributed by atoms with Crippen molar-refractivity contribution in [1.29, 1.82) is 0 Å². The number of rotatable bonds is 13. The monoisotopic (exact) mass is 528 g/mol. The molecule has 3 heteroatoms.